The number of sulfonamides is 1. The number of rotatable bonds is 8. The summed E-state index contributed by atoms with van der Waals surface area (Å²) in [5.74, 6) is -1.42. The van der Waals surface area contributed by atoms with Crippen molar-refractivity contribution >= 4 is 31.6 Å². The van der Waals surface area contributed by atoms with Gasteiger partial charge in [0.25, 0.3) is 0 Å². The highest BCUT2D eigenvalue weighted by atomic mass is 79.9. The van der Waals surface area contributed by atoms with Crippen LogP contribution in [0.5, 0.6) is 11.5 Å². The van der Waals surface area contributed by atoms with Crippen LogP contribution in [0, 0.1) is 11.6 Å². The van der Waals surface area contributed by atoms with Crippen molar-refractivity contribution in [2.24, 2.45) is 0 Å². The zero-order valence-electron chi connectivity index (χ0n) is 18.6. The van der Waals surface area contributed by atoms with Gasteiger partial charge in [-0.05, 0) is 77.6 Å². The molecule has 4 rings (SSSR count). The molecule has 1 fully saturated rings. The average molecular weight is 551 g/mol. The van der Waals surface area contributed by atoms with Crippen molar-refractivity contribution in [2.45, 2.75) is 32.4 Å². The highest BCUT2D eigenvalue weighted by Gasteiger charge is 2.27. The minimum atomic E-state index is -3.53. The third kappa shape index (κ3) is 5.76. The predicted molar refractivity (Wildman–Crippen MR) is 132 cm³/mol. The van der Waals surface area contributed by atoms with Gasteiger partial charge in [0, 0.05) is 18.7 Å². The molecule has 0 amide bonds. The van der Waals surface area contributed by atoms with Crippen LogP contribution in [-0.2, 0) is 16.6 Å². The standard InChI is InChI=1S/C25H25BrF2N2O3S/c1-2-34(31,32)29-22-15-20(26)25(33-24-11-10-19(27)14-21(24)28)13-18(22)16-30-12-6-9-23(30)17-7-4-3-5-8-17/h3-5,7-8,10-11,13-15,23,29H,2,6,9,12,16H2,1H3. The fraction of sp³-hybridized carbons (Fsp3) is 0.280. The Hall–Kier alpha value is -2.49. The molecule has 1 unspecified atom stereocenters. The zero-order chi connectivity index (χ0) is 24.3. The number of nitrogens with one attached hydrogen (secondary N) is 1. The molecule has 0 spiro atoms. The third-order valence-electron chi connectivity index (χ3n) is 5.84. The van der Waals surface area contributed by atoms with Crippen LogP contribution in [0.4, 0.5) is 14.5 Å². The Morgan fingerprint density at radius 1 is 1.09 bits per heavy atom. The highest BCUT2D eigenvalue weighted by molar-refractivity contribution is 9.10. The molecular formula is C25H25BrF2N2O3S. The van der Waals surface area contributed by atoms with Gasteiger partial charge >= 0.3 is 0 Å². The van der Waals surface area contributed by atoms with E-state index in [2.05, 4.69) is 37.7 Å². The molecule has 0 saturated carbocycles. The van der Waals surface area contributed by atoms with Gasteiger partial charge in [0.15, 0.2) is 11.6 Å². The van der Waals surface area contributed by atoms with Gasteiger partial charge in [0.05, 0.1) is 15.9 Å². The van der Waals surface area contributed by atoms with E-state index >= 15 is 0 Å². The van der Waals surface area contributed by atoms with Crippen LogP contribution >= 0.6 is 15.9 Å². The van der Waals surface area contributed by atoms with E-state index in [4.69, 9.17) is 4.74 Å². The lowest BCUT2D eigenvalue weighted by molar-refractivity contribution is 0.248. The molecule has 3 aromatic rings. The number of benzene rings is 3. The quantitative estimate of drug-likeness (QED) is 0.342. The van der Waals surface area contributed by atoms with Crippen LogP contribution in [0.3, 0.4) is 0 Å². The van der Waals surface area contributed by atoms with E-state index in [0.717, 1.165) is 31.5 Å². The van der Waals surface area contributed by atoms with E-state index < -0.39 is 21.7 Å². The van der Waals surface area contributed by atoms with Gasteiger partial charge in [-0.25, -0.2) is 17.2 Å². The maximum atomic E-state index is 14.2. The Morgan fingerprint density at radius 2 is 1.85 bits per heavy atom. The fourth-order valence-corrected chi connectivity index (χ4v) is 5.20. The first-order chi connectivity index (χ1) is 16.3. The van der Waals surface area contributed by atoms with Crippen molar-refractivity contribution in [3.05, 3.63) is 87.9 Å². The fourth-order valence-electron chi connectivity index (χ4n) is 4.10. The molecule has 180 valence electrons. The maximum absolute atomic E-state index is 14.2. The van der Waals surface area contributed by atoms with Crippen LogP contribution in [0.1, 0.15) is 36.9 Å². The van der Waals surface area contributed by atoms with Crippen LogP contribution in [0.25, 0.3) is 0 Å². The van der Waals surface area contributed by atoms with Crippen molar-refractivity contribution in [3.8, 4) is 11.5 Å². The molecule has 34 heavy (non-hydrogen) atoms. The minimum Gasteiger partial charge on any atom is -0.453 e. The molecule has 1 N–H and O–H groups in total. The molecule has 9 heteroatoms. The average Bonchev–Trinajstić information content (AvgIpc) is 3.27. The molecular weight excluding hydrogens is 526 g/mol. The second-order valence-electron chi connectivity index (χ2n) is 8.16. The lowest BCUT2D eigenvalue weighted by Gasteiger charge is -2.26. The van der Waals surface area contributed by atoms with Crippen molar-refractivity contribution in [1.82, 2.24) is 4.90 Å². The Labute approximate surface area is 206 Å². The van der Waals surface area contributed by atoms with Crippen molar-refractivity contribution in [2.75, 3.05) is 17.0 Å². The van der Waals surface area contributed by atoms with Crippen LogP contribution < -0.4 is 9.46 Å². The first-order valence-corrected chi connectivity index (χ1v) is 13.4. The minimum absolute atomic E-state index is 0.0700. The lowest BCUT2D eigenvalue weighted by atomic mass is 10.0. The molecule has 1 aliphatic heterocycles. The first-order valence-electron chi connectivity index (χ1n) is 11.0. The third-order valence-corrected chi connectivity index (χ3v) is 7.75. The summed E-state index contributed by atoms with van der Waals surface area (Å²) in [5, 5.41) is 0. The summed E-state index contributed by atoms with van der Waals surface area (Å²) in [6.45, 7) is 2.90. The summed E-state index contributed by atoms with van der Waals surface area (Å²) in [7, 11) is -3.53. The van der Waals surface area contributed by atoms with Crippen molar-refractivity contribution in [3.63, 3.8) is 0 Å². The number of anilines is 1. The lowest BCUT2D eigenvalue weighted by Crippen LogP contribution is -2.24. The molecule has 1 saturated heterocycles. The van der Waals surface area contributed by atoms with Crippen LogP contribution in [-0.4, -0.2) is 25.6 Å². The predicted octanol–water partition coefficient (Wildman–Crippen LogP) is 6.62. The largest absolute Gasteiger partial charge is 0.453 e. The summed E-state index contributed by atoms with van der Waals surface area (Å²) in [6, 6.07) is 16.8. The monoisotopic (exact) mass is 550 g/mol. The molecule has 5 nitrogen and oxygen atoms in total. The topological polar surface area (TPSA) is 58.6 Å². The molecule has 3 aromatic carbocycles. The summed E-state index contributed by atoms with van der Waals surface area (Å²) < 4.78 is 61.0. The van der Waals surface area contributed by atoms with E-state index in [9.17, 15) is 17.2 Å². The van der Waals surface area contributed by atoms with Gasteiger partial charge in [-0.15, -0.1) is 0 Å². The van der Waals surface area contributed by atoms with Gasteiger partial charge in [0.2, 0.25) is 10.0 Å². The van der Waals surface area contributed by atoms with E-state index in [1.165, 1.54) is 11.6 Å². The normalized spacial score (nSPS) is 16.5. The van der Waals surface area contributed by atoms with Gasteiger partial charge in [-0.1, -0.05) is 30.3 Å². The molecule has 0 radical (unpaired) electrons. The van der Waals surface area contributed by atoms with Gasteiger partial charge in [-0.3, -0.25) is 9.62 Å². The molecule has 1 atom stereocenters. The summed E-state index contributed by atoms with van der Waals surface area (Å²) >= 11 is 3.40. The number of likely N-dealkylation sites (tertiary alicyclic amines) is 1. The second kappa shape index (κ2) is 10.4. The number of hydrogen-bond acceptors (Lipinski definition) is 4. The molecule has 0 aliphatic carbocycles. The Morgan fingerprint density at radius 3 is 2.56 bits per heavy atom. The Kier molecular flexibility index (Phi) is 7.54. The molecule has 0 bridgehead atoms. The van der Waals surface area contributed by atoms with E-state index in [1.54, 1.807) is 19.1 Å². The number of halogens is 3. The van der Waals surface area contributed by atoms with E-state index in [0.29, 0.717) is 28.0 Å². The Balaban J connectivity index is 1.69. The van der Waals surface area contributed by atoms with Crippen LogP contribution in [0.2, 0.25) is 0 Å². The summed E-state index contributed by atoms with van der Waals surface area (Å²) in [5.41, 5.74) is 2.33. The highest BCUT2D eigenvalue weighted by Crippen LogP contribution is 2.39. The smallest absolute Gasteiger partial charge is 0.232 e. The Bertz CT molecular complexity index is 1270. The summed E-state index contributed by atoms with van der Waals surface area (Å²) in [4.78, 5) is 2.30. The van der Waals surface area contributed by atoms with Gasteiger partial charge in [-0.2, -0.15) is 0 Å². The number of nitrogens with zero attached hydrogens (tertiary/aromatic N) is 1. The SMILES string of the molecule is CCS(=O)(=O)Nc1cc(Br)c(Oc2ccc(F)cc2F)cc1CN1CCCC1c1ccccc1. The van der Waals surface area contributed by atoms with Crippen molar-refractivity contribution in [1.29, 1.82) is 0 Å². The maximum Gasteiger partial charge on any atom is 0.232 e. The van der Waals surface area contributed by atoms with Gasteiger partial charge < -0.3 is 4.74 Å². The first kappa shape index (κ1) is 24.6. The number of hydrogen-bond donors (Lipinski definition) is 1. The zero-order valence-corrected chi connectivity index (χ0v) is 21.0. The van der Waals surface area contributed by atoms with Gasteiger partial charge in [0.1, 0.15) is 11.6 Å². The molecule has 0 aromatic heterocycles. The van der Waals surface area contributed by atoms with E-state index in [-0.39, 0.29) is 17.5 Å². The van der Waals surface area contributed by atoms with Crippen LogP contribution in [0.15, 0.2) is 65.1 Å². The second-order valence-corrected chi connectivity index (χ2v) is 11.0. The molecule has 1 aliphatic rings. The van der Waals surface area contributed by atoms with E-state index in [1.807, 2.05) is 18.2 Å². The summed E-state index contributed by atoms with van der Waals surface area (Å²) in [6.07, 6.45) is 2.02. The molecule has 1 heterocycles. The van der Waals surface area contributed by atoms with Crippen molar-refractivity contribution < 1.29 is 21.9 Å². The number of ether oxygens (including phenoxy) is 1.